The zero-order valence-corrected chi connectivity index (χ0v) is 13.0. The number of anilines is 1. The molecule has 0 bridgehead atoms. The van der Waals surface area contributed by atoms with Crippen LogP contribution in [-0.2, 0) is 16.7 Å². The van der Waals surface area contributed by atoms with Gasteiger partial charge in [-0.3, -0.25) is 4.55 Å². The number of ether oxygens (including phenoxy) is 1. The lowest BCUT2D eigenvalue weighted by molar-refractivity contribution is 0.282. The van der Waals surface area contributed by atoms with Gasteiger partial charge < -0.3 is 15.6 Å². The summed E-state index contributed by atoms with van der Waals surface area (Å²) in [5.41, 5.74) is 6.71. The average Bonchev–Trinajstić information content (AvgIpc) is 2.52. The van der Waals surface area contributed by atoms with Crippen molar-refractivity contribution < 1.29 is 22.8 Å². The molecule has 0 aliphatic rings. The molecule has 0 radical (unpaired) electrons. The molecule has 0 heterocycles. The Morgan fingerprint density at radius 2 is 1.83 bits per heavy atom. The summed E-state index contributed by atoms with van der Waals surface area (Å²) in [5, 5.41) is 17.1. The second-order valence-corrected chi connectivity index (χ2v) is 5.91. The van der Waals surface area contributed by atoms with E-state index < -0.39 is 10.1 Å². The quantitative estimate of drug-likeness (QED) is 0.436. The van der Waals surface area contributed by atoms with E-state index in [4.69, 9.17) is 10.5 Å². The molecule has 0 spiro atoms. The Labute approximate surface area is 133 Å². The highest BCUT2D eigenvalue weighted by Gasteiger charge is 2.15. The Kier molecular flexibility index (Phi) is 4.94. The maximum Gasteiger partial charge on any atom is 0.296 e. The summed E-state index contributed by atoms with van der Waals surface area (Å²) >= 11 is 0. The lowest BCUT2D eigenvalue weighted by Gasteiger charge is -2.08. The number of nitrogens with two attached hydrogens (primary N) is 1. The van der Waals surface area contributed by atoms with Gasteiger partial charge in [-0.05, 0) is 18.2 Å². The number of aliphatic hydroxyl groups excluding tert-OH is 1. The predicted octanol–water partition coefficient (Wildman–Crippen LogP) is 2.43. The van der Waals surface area contributed by atoms with Crippen LogP contribution in [0.25, 0.3) is 0 Å². The number of nitrogens with zero attached hydrogens (tertiary/aromatic N) is 2. The van der Waals surface area contributed by atoms with Crippen LogP contribution < -0.4 is 10.5 Å². The second kappa shape index (κ2) is 6.73. The van der Waals surface area contributed by atoms with Crippen LogP contribution in [-0.4, -0.2) is 25.2 Å². The number of benzene rings is 2. The predicted molar refractivity (Wildman–Crippen MR) is 83.8 cm³/mol. The van der Waals surface area contributed by atoms with E-state index in [1.165, 1.54) is 37.4 Å². The summed E-state index contributed by atoms with van der Waals surface area (Å²) < 4.78 is 36.9. The fraction of sp³-hybridized carbons (Fsp3) is 0.143. The van der Waals surface area contributed by atoms with Crippen molar-refractivity contribution in [2.45, 2.75) is 11.5 Å². The van der Waals surface area contributed by atoms with Crippen LogP contribution in [0.2, 0.25) is 0 Å². The third kappa shape index (κ3) is 3.83. The summed E-state index contributed by atoms with van der Waals surface area (Å²) in [5.74, 6) is 0.346. The molecular formula is C14H15N3O5S. The van der Waals surface area contributed by atoms with Gasteiger partial charge in [0.15, 0.2) is 0 Å². The third-order valence-electron chi connectivity index (χ3n) is 3.01. The van der Waals surface area contributed by atoms with Gasteiger partial charge in [-0.15, -0.1) is 5.11 Å². The smallest absolute Gasteiger partial charge is 0.296 e. The Hall–Kier alpha value is -2.49. The molecule has 23 heavy (non-hydrogen) atoms. The maximum atomic E-state index is 11.3. The van der Waals surface area contributed by atoms with E-state index in [0.29, 0.717) is 17.0 Å². The first-order valence-corrected chi connectivity index (χ1v) is 7.86. The lowest BCUT2D eigenvalue weighted by atomic mass is 10.1. The number of hydrogen-bond acceptors (Lipinski definition) is 7. The highest BCUT2D eigenvalue weighted by molar-refractivity contribution is 7.86. The summed E-state index contributed by atoms with van der Waals surface area (Å²) in [6.45, 7) is -0.331. The van der Waals surface area contributed by atoms with Crippen LogP contribution in [0.15, 0.2) is 51.5 Å². The molecule has 0 atom stereocenters. The molecule has 2 aromatic carbocycles. The van der Waals surface area contributed by atoms with Gasteiger partial charge >= 0.3 is 0 Å². The van der Waals surface area contributed by atoms with Gasteiger partial charge in [0.05, 0.1) is 25.1 Å². The van der Waals surface area contributed by atoms with Gasteiger partial charge in [0.25, 0.3) is 10.1 Å². The van der Waals surface area contributed by atoms with Crippen molar-refractivity contribution in [1.29, 1.82) is 0 Å². The molecule has 0 saturated heterocycles. The van der Waals surface area contributed by atoms with E-state index in [-0.39, 0.29) is 22.9 Å². The van der Waals surface area contributed by atoms with Crippen LogP contribution in [0.1, 0.15) is 5.56 Å². The van der Waals surface area contributed by atoms with E-state index in [0.717, 1.165) is 0 Å². The molecule has 122 valence electrons. The van der Waals surface area contributed by atoms with Gasteiger partial charge in [-0.1, -0.05) is 12.1 Å². The standard InChI is InChI=1S/C14H15N3O5S/c1-22-13-7-12(9(8-18)6-10(13)15)17-16-11-4-2-3-5-14(11)23(19,20)21/h2-7,18H,8,15H2,1H3,(H,19,20,21). The molecule has 9 heteroatoms. The minimum atomic E-state index is -4.42. The van der Waals surface area contributed by atoms with Gasteiger partial charge in [-0.25, -0.2) is 0 Å². The zero-order chi connectivity index (χ0) is 17.0. The number of nitrogen functional groups attached to an aromatic ring is 1. The minimum Gasteiger partial charge on any atom is -0.495 e. The lowest BCUT2D eigenvalue weighted by Crippen LogP contribution is -1.97. The first-order chi connectivity index (χ1) is 10.9. The second-order valence-electron chi connectivity index (χ2n) is 4.52. The van der Waals surface area contributed by atoms with Crippen LogP contribution in [0.3, 0.4) is 0 Å². The van der Waals surface area contributed by atoms with Gasteiger partial charge in [0, 0.05) is 11.6 Å². The molecule has 0 fully saturated rings. The normalized spacial score (nSPS) is 11.8. The van der Waals surface area contributed by atoms with Crippen molar-refractivity contribution in [3.8, 4) is 5.75 Å². The molecule has 2 aromatic rings. The molecule has 0 aromatic heterocycles. The first-order valence-electron chi connectivity index (χ1n) is 6.42. The maximum absolute atomic E-state index is 11.3. The Bertz CT molecular complexity index is 849. The summed E-state index contributed by atoms with van der Waals surface area (Å²) in [7, 11) is -2.99. The molecule has 0 saturated carbocycles. The molecule has 4 N–H and O–H groups in total. The Morgan fingerprint density at radius 3 is 2.43 bits per heavy atom. The van der Waals surface area contributed by atoms with E-state index in [9.17, 15) is 18.1 Å². The van der Waals surface area contributed by atoms with E-state index >= 15 is 0 Å². The monoisotopic (exact) mass is 337 g/mol. The number of rotatable bonds is 5. The minimum absolute atomic E-state index is 0.0327. The summed E-state index contributed by atoms with van der Waals surface area (Å²) in [4.78, 5) is -0.364. The SMILES string of the molecule is COc1cc(N=Nc2ccccc2S(=O)(=O)O)c(CO)cc1N. The van der Waals surface area contributed by atoms with Gasteiger partial charge in [0.2, 0.25) is 0 Å². The molecule has 0 aliphatic carbocycles. The zero-order valence-electron chi connectivity index (χ0n) is 12.2. The Balaban J connectivity index is 2.50. The van der Waals surface area contributed by atoms with Crippen LogP contribution in [0.5, 0.6) is 5.75 Å². The van der Waals surface area contributed by atoms with E-state index in [1.54, 1.807) is 6.07 Å². The highest BCUT2D eigenvalue weighted by Crippen LogP contribution is 2.33. The molecule has 0 aliphatic heterocycles. The van der Waals surface area contributed by atoms with E-state index in [1.807, 2.05) is 0 Å². The van der Waals surface area contributed by atoms with Crippen molar-refractivity contribution in [2.24, 2.45) is 10.2 Å². The fourth-order valence-electron chi connectivity index (χ4n) is 1.90. The molecular weight excluding hydrogens is 322 g/mol. The average molecular weight is 337 g/mol. The topological polar surface area (TPSA) is 135 Å². The van der Waals surface area contributed by atoms with Crippen LogP contribution in [0.4, 0.5) is 17.1 Å². The fourth-order valence-corrected chi connectivity index (χ4v) is 2.52. The third-order valence-corrected chi connectivity index (χ3v) is 3.91. The largest absolute Gasteiger partial charge is 0.495 e. The highest BCUT2D eigenvalue weighted by atomic mass is 32.2. The van der Waals surface area contributed by atoms with Crippen LogP contribution in [0, 0.1) is 0 Å². The number of azo groups is 1. The van der Waals surface area contributed by atoms with Crippen LogP contribution >= 0.6 is 0 Å². The van der Waals surface area contributed by atoms with Crippen molar-refractivity contribution in [3.05, 3.63) is 42.0 Å². The summed E-state index contributed by atoms with van der Waals surface area (Å²) in [6.07, 6.45) is 0. The molecule has 0 unspecified atom stereocenters. The first kappa shape index (κ1) is 16.9. The number of methoxy groups -OCH3 is 1. The summed E-state index contributed by atoms with van der Waals surface area (Å²) in [6, 6.07) is 8.56. The number of hydrogen-bond donors (Lipinski definition) is 3. The van der Waals surface area contributed by atoms with E-state index in [2.05, 4.69) is 10.2 Å². The Morgan fingerprint density at radius 1 is 1.17 bits per heavy atom. The van der Waals surface area contributed by atoms with Gasteiger partial charge in [0.1, 0.15) is 16.3 Å². The molecule has 2 rings (SSSR count). The molecule has 0 amide bonds. The van der Waals surface area contributed by atoms with Gasteiger partial charge in [-0.2, -0.15) is 13.5 Å². The van der Waals surface area contributed by atoms with Crippen molar-refractivity contribution in [1.82, 2.24) is 0 Å². The molecule has 8 nitrogen and oxygen atoms in total. The van der Waals surface area contributed by atoms with Crippen molar-refractivity contribution in [2.75, 3.05) is 12.8 Å². The number of aliphatic hydroxyl groups is 1. The van der Waals surface area contributed by atoms with Crippen molar-refractivity contribution >= 4 is 27.2 Å². The van der Waals surface area contributed by atoms with Crippen molar-refractivity contribution in [3.63, 3.8) is 0 Å².